The largest absolute Gasteiger partial charge is 0.366 e. The van der Waals surface area contributed by atoms with E-state index in [0.29, 0.717) is 10.7 Å². The van der Waals surface area contributed by atoms with E-state index in [2.05, 4.69) is 4.98 Å². The van der Waals surface area contributed by atoms with Gasteiger partial charge in [-0.1, -0.05) is 11.6 Å². The van der Waals surface area contributed by atoms with Gasteiger partial charge in [0.2, 0.25) is 5.91 Å². The molecule has 0 bridgehead atoms. The first-order chi connectivity index (χ1) is 5.11. The maximum atomic E-state index is 10.6. The highest BCUT2D eigenvalue weighted by molar-refractivity contribution is 14.1. The molecule has 0 aliphatic rings. The minimum Gasteiger partial charge on any atom is -0.366 e. The maximum Gasteiger partial charge on any atom is 0.250 e. The zero-order valence-electron chi connectivity index (χ0n) is 5.34. The fourth-order valence-electron chi connectivity index (χ4n) is 0.556. The van der Waals surface area contributed by atoms with E-state index in [4.69, 9.17) is 17.3 Å². The van der Waals surface area contributed by atoms with Gasteiger partial charge in [-0.2, -0.15) is 0 Å². The van der Waals surface area contributed by atoms with Crippen molar-refractivity contribution < 1.29 is 4.79 Å². The van der Waals surface area contributed by atoms with Gasteiger partial charge in [0, 0.05) is 6.20 Å². The maximum absolute atomic E-state index is 10.6. The minimum absolute atomic E-state index is 0.374. The van der Waals surface area contributed by atoms with Gasteiger partial charge in [-0.3, -0.25) is 4.79 Å². The molecule has 2 N–H and O–H groups in total. The van der Waals surface area contributed by atoms with E-state index in [-0.39, 0.29) is 0 Å². The Morgan fingerprint density at radius 1 is 1.73 bits per heavy atom. The smallest absolute Gasteiger partial charge is 0.250 e. The molecule has 0 atom stereocenters. The topological polar surface area (TPSA) is 56.0 Å². The Balaban J connectivity index is 3.15. The van der Waals surface area contributed by atoms with Crippen LogP contribution in [-0.2, 0) is 0 Å². The lowest BCUT2D eigenvalue weighted by atomic mass is 10.3. The van der Waals surface area contributed by atoms with Crippen molar-refractivity contribution >= 4 is 40.1 Å². The molecule has 0 saturated carbocycles. The fraction of sp³-hybridized carbons (Fsp3) is 0. The Bertz CT molecular complexity index is 303. The van der Waals surface area contributed by atoms with E-state index in [9.17, 15) is 4.79 Å². The molecule has 0 saturated heterocycles. The van der Waals surface area contributed by atoms with Crippen LogP contribution in [0.4, 0.5) is 0 Å². The molecule has 0 fully saturated rings. The van der Waals surface area contributed by atoms with E-state index < -0.39 is 5.91 Å². The Morgan fingerprint density at radius 3 is 2.82 bits per heavy atom. The number of rotatable bonds is 1. The van der Waals surface area contributed by atoms with Gasteiger partial charge in [0.05, 0.1) is 9.13 Å². The molecule has 1 heterocycles. The van der Waals surface area contributed by atoms with Crippen LogP contribution in [0.15, 0.2) is 12.3 Å². The molecule has 0 radical (unpaired) electrons. The Hall–Kier alpha value is -0.360. The first-order valence-corrected chi connectivity index (χ1v) is 4.18. The van der Waals surface area contributed by atoms with Gasteiger partial charge in [0.1, 0.15) is 5.15 Å². The van der Waals surface area contributed by atoms with Crippen LogP contribution in [0.5, 0.6) is 0 Å². The molecule has 0 aliphatic carbocycles. The summed E-state index contributed by atoms with van der Waals surface area (Å²) in [5.41, 5.74) is 5.38. The number of aromatic nitrogens is 1. The number of nitrogens with zero attached hydrogens (tertiary/aromatic N) is 1. The summed E-state index contributed by atoms with van der Waals surface area (Å²) in [7, 11) is 0. The number of amides is 1. The fourth-order valence-corrected chi connectivity index (χ4v) is 1.13. The van der Waals surface area contributed by atoms with E-state index in [1.54, 1.807) is 6.07 Å². The van der Waals surface area contributed by atoms with E-state index in [0.717, 1.165) is 3.57 Å². The minimum atomic E-state index is -0.493. The second kappa shape index (κ2) is 3.36. The first kappa shape index (κ1) is 8.73. The van der Waals surface area contributed by atoms with Crippen molar-refractivity contribution in [3.05, 3.63) is 26.5 Å². The molecule has 1 aromatic rings. The lowest BCUT2D eigenvalue weighted by Gasteiger charge is -1.96. The summed E-state index contributed by atoms with van der Waals surface area (Å²) < 4.78 is 0.723. The predicted molar refractivity (Wildman–Crippen MR) is 50.5 cm³/mol. The summed E-state index contributed by atoms with van der Waals surface area (Å²) in [6, 6.07) is 1.60. The summed E-state index contributed by atoms with van der Waals surface area (Å²) in [5.74, 6) is -0.493. The van der Waals surface area contributed by atoms with Crippen LogP contribution in [0, 0.1) is 3.57 Å². The normalized spacial score (nSPS) is 9.64. The number of hydrogen-bond acceptors (Lipinski definition) is 2. The number of halogens is 2. The van der Waals surface area contributed by atoms with Gasteiger partial charge < -0.3 is 5.73 Å². The zero-order valence-corrected chi connectivity index (χ0v) is 8.26. The molecule has 1 aromatic heterocycles. The molecule has 0 aromatic carbocycles. The highest BCUT2D eigenvalue weighted by atomic mass is 127. The number of carbonyl (C=O) groups is 1. The summed E-state index contributed by atoms with van der Waals surface area (Å²) in [6.07, 6.45) is 1.35. The Morgan fingerprint density at radius 2 is 2.36 bits per heavy atom. The average molecular weight is 282 g/mol. The van der Waals surface area contributed by atoms with Crippen LogP contribution in [-0.4, -0.2) is 10.9 Å². The van der Waals surface area contributed by atoms with Crippen LogP contribution < -0.4 is 5.73 Å². The Kier molecular flexibility index (Phi) is 2.67. The number of nitrogens with two attached hydrogens (primary N) is 1. The van der Waals surface area contributed by atoms with Crippen molar-refractivity contribution in [2.75, 3.05) is 0 Å². The standard InChI is InChI=1S/C6H4ClIN2O/c7-5-4(8)1-3(2-10-5)6(9)11/h1-2H,(H2,9,11). The van der Waals surface area contributed by atoms with Gasteiger partial charge in [-0.15, -0.1) is 0 Å². The highest BCUT2D eigenvalue weighted by Gasteiger charge is 2.03. The molecular weight excluding hydrogens is 278 g/mol. The van der Waals surface area contributed by atoms with E-state index >= 15 is 0 Å². The molecule has 0 spiro atoms. The molecule has 11 heavy (non-hydrogen) atoms. The summed E-state index contributed by atoms with van der Waals surface area (Å²) in [6.45, 7) is 0. The van der Waals surface area contributed by atoms with E-state index in [1.807, 2.05) is 22.6 Å². The molecular formula is C6H4ClIN2O. The van der Waals surface area contributed by atoms with E-state index in [1.165, 1.54) is 6.20 Å². The molecule has 0 unspecified atom stereocenters. The molecule has 58 valence electrons. The number of primary amides is 1. The average Bonchev–Trinajstić information content (AvgIpc) is 1.94. The third kappa shape index (κ3) is 2.03. The van der Waals surface area contributed by atoms with Gasteiger partial charge in [0.25, 0.3) is 0 Å². The van der Waals surface area contributed by atoms with Crippen molar-refractivity contribution in [2.24, 2.45) is 5.73 Å². The number of hydrogen-bond donors (Lipinski definition) is 1. The van der Waals surface area contributed by atoms with Crippen molar-refractivity contribution in [1.82, 2.24) is 4.98 Å². The Labute approximate surface area is 82.1 Å². The van der Waals surface area contributed by atoms with Crippen molar-refractivity contribution in [1.29, 1.82) is 0 Å². The third-order valence-electron chi connectivity index (χ3n) is 1.08. The summed E-state index contributed by atoms with van der Waals surface area (Å²) >= 11 is 7.60. The predicted octanol–water partition coefficient (Wildman–Crippen LogP) is 1.44. The second-order valence-corrected chi connectivity index (χ2v) is 3.38. The lowest BCUT2D eigenvalue weighted by Crippen LogP contribution is -2.11. The summed E-state index contributed by atoms with van der Waals surface area (Å²) in [5, 5.41) is 0.385. The summed E-state index contributed by atoms with van der Waals surface area (Å²) in [4.78, 5) is 14.4. The van der Waals surface area contributed by atoms with Gasteiger partial charge in [0.15, 0.2) is 0 Å². The quantitative estimate of drug-likeness (QED) is 0.626. The van der Waals surface area contributed by atoms with Crippen LogP contribution in [0.3, 0.4) is 0 Å². The highest BCUT2D eigenvalue weighted by Crippen LogP contribution is 2.15. The van der Waals surface area contributed by atoms with Gasteiger partial charge in [-0.05, 0) is 28.7 Å². The molecule has 1 amide bonds. The zero-order chi connectivity index (χ0) is 8.43. The van der Waals surface area contributed by atoms with Gasteiger partial charge >= 0.3 is 0 Å². The van der Waals surface area contributed by atoms with Crippen molar-refractivity contribution in [3.8, 4) is 0 Å². The monoisotopic (exact) mass is 282 g/mol. The van der Waals surface area contributed by atoms with Crippen molar-refractivity contribution in [2.45, 2.75) is 0 Å². The molecule has 0 aliphatic heterocycles. The molecule has 3 nitrogen and oxygen atoms in total. The van der Waals surface area contributed by atoms with Gasteiger partial charge in [-0.25, -0.2) is 4.98 Å². The third-order valence-corrected chi connectivity index (χ3v) is 2.52. The number of pyridine rings is 1. The lowest BCUT2D eigenvalue weighted by molar-refractivity contribution is 0.1000. The van der Waals surface area contributed by atoms with Crippen LogP contribution in [0.2, 0.25) is 5.15 Å². The van der Waals surface area contributed by atoms with Crippen LogP contribution in [0.1, 0.15) is 10.4 Å². The first-order valence-electron chi connectivity index (χ1n) is 2.72. The second-order valence-electron chi connectivity index (χ2n) is 1.86. The number of carbonyl (C=O) groups excluding carboxylic acids is 1. The van der Waals surface area contributed by atoms with Crippen LogP contribution >= 0.6 is 34.2 Å². The van der Waals surface area contributed by atoms with Crippen molar-refractivity contribution in [3.63, 3.8) is 0 Å². The molecule has 5 heteroatoms. The van der Waals surface area contributed by atoms with Crippen LogP contribution in [0.25, 0.3) is 0 Å². The SMILES string of the molecule is NC(=O)c1cnc(Cl)c(I)c1. The molecule has 1 rings (SSSR count).